The second-order valence-electron chi connectivity index (χ2n) is 4.13. The average Bonchev–Trinajstić information content (AvgIpc) is 2.41. The number of aromatic nitrogens is 1. The van der Waals surface area contributed by atoms with E-state index in [1.54, 1.807) is 13.3 Å². The molecule has 0 saturated carbocycles. The molecular formula is C14H17ClN2O. The Morgan fingerprint density at radius 2 is 2.22 bits per heavy atom. The topological polar surface area (TPSA) is 34.1 Å². The van der Waals surface area contributed by atoms with E-state index >= 15 is 0 Å². The predicted molar refractivity (Wildman–Crippen MR) is 75.0 cm³/mol. The highest BCUT2D eigenvalue weighted by molar-refractivity contribution is 6.35. The smallest absolute Gasteiger partial charge is 0.0761 e. The van der Waals surface area contributed by atoms with Gasteiger partial charge in [0, 0.05) is 36.9 Å². The summed E-state index contributed by atoms with van der Waals surface area (Å²) in [5, 5.41) is 5.15. The lowest BCUT2D eigenvalue weighted by atomic mass is 10.1. The van der Waals surface area contributed by atoms with E-state index in [0.717, 1.165) is 42.0 Å². The number of nitrogens with one attached hydrogen (secondary N) is 1. The Labute approximate surface area is 112 Å². The van der Waals surface area contributed by atoms with E-state index in [-0.39, 0.29) is 0 Å². The molecule has 0 radical (unpaired) electrons. The maximum atomic E-state index is 6.15. The molecule has 1 aromatic carbocycles. The molecule has 1 heterocycles. The SMILES string of the molecule is COCCCNCc1ccc(Cl)c2cccnc12. The van der Waals surface area contributed by atoms with Gasteiger partial charge in [-0.2, -0.15) is 0 Å². The van der Waals surface area contributed by atoms with Crippen LogP contribution in [0.25, 0.3) is 10.9 Å². The lowest BCUT2D eigenvalue weighted by molar-refractivity contribution is 0.194. The first kappa shape index (κ1) is 13.3. The van der Waals surface area contributed by atoms with Crippen LogP contribution in [-0.4, -0.2) is 25.2 Å². The van der Waals surface area contributed by atoms with Gasteiger partial charge in [0.25, 0.3) is 0 Å². The minimum absolute atomic E-state index is 0.751. The highest BCUT2D eigenvalue weighted by Crippen LogP contribution is 2.24. The summed E-state index contributed by atoms with van der Waals surface area (Å²) in [4.78, 5) is 4.41. The van der Waals surface area contributed by atoms with Gasteiger partial charge in [-0.15, -0.1) is 0 Å². The Bertz CT molecular complexity index is 516. The minimum Gasteiger partial charge on any atom is -0.385 e. The van der Waals surface area contributed by atoms with Gasteiger partial charge in [0.1, 0.15) is 0 Å². The molecule has 0 saturated heterocycles. The van der Waals surface area contributed by atoms with Crippen molar-refractivity contribution in [3.63, 3.8) is 0 Å². The number of pyridine rings is 1. The number of fused-ring (bicyclic) bond motifs is 1. The van der Waals surface area contributed by atoms with Crippen LogP contribution in [0.3, 0.4) is 0 Å². The average molecular weight is 265 g/mol. The predicted octanol–water partition coefficient (Wildman–Crippen LogP) is 3.01. The number of rotatable bonds is 6. The van der Waals surface area contributed by atoms with Gasteiger partial charge in [-0.3, -0.25) is 4.98 Å². The Kier molecular flexibility index (Phi) is 4.93. The van der Waals surface area contributed by atoms with Crippen molar-refractivity contribution < 1.29 is 4.74 Å². The first-order valence-electron chi connectivity index (χ1n) is 6.04. The molecule has 3 nitrogen and oxygen atoms in total. The van der Waals surface area contributed by atoms with Gasteiger partial charge in [0.05, 0.1) is 5.52 Å². The third-order valence-corrected chi connectivity index (χ3v) is 3.15. The number of ether oxygens (including phenoxy) is 1. The van der Waals surface area contributed by atoms with Crippen molar-refractivity contribution in [1.29, 1.82) is 0 Å². The molecule has 0 aliphatic rings. The van der Waals surface area contributed by atoms with Crippen LogP contribution < -0.4 is 5.32 Å². The summed E-state index contributed by atoms with van der Waals surface area (Å²) in [5.41, 5.74) is 2.15. The summed E-state index contributed by atoms with van der Waals surface area (Å²) >= 11 is 6.15. The van der Waals surface area contributed by atoms with Crippen LogP contribution in [0.15, 0.2) is 30.5 Å². The van der Waals surface area contributed by atoms with Gasteiger partial charge in [-0.25, -0.2) is 0 Å². The summed E-state index contributed by atoms with van der Waals surface area (Å²) in [6.45, 7) is 2.52. The molecular weight excluding hydrogens is 248 g/mol. The van der Waals surface area contributed by atoms with Crippen molar-refractivity contribution in [3.05, 3.63) is 41.0 Å². The Hall–Kier alpha value is -1.16. The third-order valence-electron chi connectivity index (χ3n) is 2.82. The lowest BCUT2D eigenvalue weighted by Crippen LogP contribution is -2.16. The van der Waals surface area contributed by atoms with E-state index in [2.05, 4.69) is 10.3 Å². The first-order valence-corrected chi connectivity index (χ1v) is 6.42. The van der Waals surface area contributed by atoms with Crippen molar-refractivity contribution in [2.45, 2.75) is 13.0 Å². The van der Waals surface area contributed by atoms with Gasteiger partial charge in [-0.05, 0) is 36.7 Å². The molecule has 4 heteroatoms. The number of nitrogens with zero attached hydrogens (tertiary/aromatic N) is 1. The van der Waals surface area contributed by atoms with Crippen LogP contribution in [0.4, 0.5) is 0 Å². The summed E-state index contributed by atoms with van der Waals surface area (Å²) in [6.07, 6.45) is 2.81. The van der Waals surface area contributed by atoms with E-state index in [1.807, 2.05) is 24.3 Å². The summed E-state index contributed by atoms with van der Waals surface area (Å²) in [5.74, 6) is 0. The van der Waals surface area contributed by atoms with Crippen molar-refractivity contribution >= 4 is 22.5 Å². The van der Waals surface area contributed by atoms with Gasteiger partial charge in [0.2, 0.25) is 0 Å². The number of methoxy groups -OCH3 is 1. The lowest BCUT2D eigenvalue weighted by Gasteiger charge is -2.08. The van der Waals surface area contributed by atoms with Gasteiger partial charge < -0.3 is 10.1 Å². The molecule has 0 spiro atoms. The van der Waals surface area contributed by atoms with Crippen molar-refractivity contribution in [2.24, 2.45) is 0 Å². The fraction of sp³-hybridized carbons (Fsp3) is 0.357. The fourth-order valence-electron chi connectivity index (χ4n) is 1.90. The molecule has 96 valence electrons. The first-order chi connectivity index (χ1) is 8.83. The molecule has 0 amide bonds. The Morgan fingerprint density at radius 3 is 3.06 bits per heavy atom. The molecule has 2 aromatic rings. The largest absolute Gasteiger partial charge is 0.385 e. The van der Waals surface area contributed by atoms with Crippen LogP contribution in [0.2, 0.25) is 5.02 Å². The molecule has 0 fully saturated rings. The standard InChI is InChI=1S/C14H17ClN2O/c1-18-9-3-7-16-10-11-5-6-13(15)12-4-2-8-17-14(11)12/h2,4-6,8,16H,3,7,9-10H2,1H3. The highest BCUT2D eigenvalue weighted by Gasteiger charge is 2.04. The molecule has 0 bridgehead atoms. The van der Waals surface area contributed by atoms with Crippen LogP contribution in [-0.2, 0) is 11.3 Å². The normalized spacial score (nSPS) is 11.0. The molecule has 18 heavy (non-hydrogen) atoms. The zero-order valence-corrected chi connectivity index (χ0v) is 11.2. The number of hydrogen-bond donors (Lipinski definition) is 1. The second kappa shape index (κ2) is 6.69. The molecule has 0 unspecified atom stereocenters. The zero-order chi connectivity index (χ0) is 12.8. The number of benzene rings is 1. The molecule has 1 N–H and O–H groups in total. The molecule has 0 atom stereocenters. The van der Waals surface area contributed by atoms with E-state index < -0.39 is 0 Å². The maximum absolute atomic E-state index is 6.15. The molecule has 2 rings (SSSR count). The highest BCUT2D eigenvalue weighted by atomic mass is 35.5. The Morgan fingerprint density at radius 1 is 1.33 bits per heavy atom. The molecule has 0 aliphatic heterocycles. The van der Waals surface area contributed by atoms with E-state index in [4.69, 9.17) is 16.3 Å². The van der Waals surface area contributed by atoms with Crippen molar-refractivity contribution in [2.75, 3.05) is 20.3 Å². The minimum atomic E-state index is 0.751. The van der Waals surface area contributed by atoms with E-state index in [0.29, 0.717) is 0 Å². The summed E-state index contributed by atoms with van der Waals surface area (Å²) < 4.78 is 5.01. The summed E-state index contributed by atoms with van der Waals surface area (Å²) in [7, 11) is 1.72. The Balaban J connectivity index is 2.07. The quantitative estimate of drug-likeness (QED) is 0.815. The van der Waals surface area contributed by atoms with Crippen LogP contribution in [0.5, 0.6) is 0 Å². The van der Waals surface area contributed by atoms with Crippen molar-refractivity contribution in [1.82, 2.24) is 10.3 Å². The third kappa shape index (κ3) is 3.19. The number of hydrogen-bond acceptors (Lipinski definition) is 3. The van der Waals surface area contributed by atoms with E-state index in [1.165, 1.54) is 5.56 Å². The van der Waals surface area contributed by atoms with Crippen LogP contribution >= 0.6 is 11.6 Å². The van der Waals surface area contributed by atoms with Gasteiger partial charge >= 0.3 is 0 Å². The fourth-order valence-corrected chi connectivity index (χ4v) is 2.12. The maximum Gasteiger partial charge on any atom is 0.0761 e. The molecule has 0 aliphatic carbocycles. The molecule has 1 aromatic heterocycles. The van der Waals surface area contributed by atoms with Crippen molar-refractivity contribution in [3.8, 4) is 0 Å². The second-order valence-corrected chi connectivity index (χ2v) is 4.54. The zero-order valence-electron chi connectivity index (χ0n) is 10.4. The van der Waals surface area contributed by atoms with Crippen LogP contribution in [0, 0.1) is 0 Å². The van der Waals surface area contributed by atoms with Crippen LogP contribution in [0.1, 0.15) is 12.0 Å². The van der Waals surface area contributed by atoms with Gasteiger partial charge in [0.15, 0.2) is 0 Å². The summed E-state index contributed by atoms with van der Waals surface area (Å²) in [6, 6.07) is 7.86. The van der Waals surface area contributed by atoms with Gasteiger partial charge in [-0.1, -0.05) is 17.7 Å². The monoisotopic (exact) mass is 264 g/mol. The number of halogens is 1. The van der Waals surface area contributed by atoms with E-state index in [9.17, 15) is 0 Å².